The van der Waals surface area contributed by atoms with Gasteiger partial charge in [-0.3, -0.25) is 9.69 Å². The quantitative estimate of drug-likeness (QED) is 0.104. The Morgan fingerprint density at radius 3 is 2.39 bits per heavy atom. The van der Waals surface area contributed by atoms with Crippen LogP contribution in [0.25, 0.3) is 10.9 Å². The molecule has 0 spiro atoms. The third-order valence-corrected chi connectivity index (χ3v) is 11.5. The highest BCUT2D eigenvalue weighted by molar-refractivity contribution is 9.10. The number of fused-ring (bicyclic) bond motifs is 6. The number of aromatic amines is 1. The highest BCUT2D eigenvalue weighted by Gasteiger charge is 2.54. The van der Waals surface area contributed by atoms with Crippen LogP contribution < -0.4 is 18.9 Å². The SMILES string of the molecule is COC(=O)[C@H]1[C@H]2C[C@@H]3c4[nH]c5cc(OC)ccc5c4CCN3C[C@H]2C[C@@H](OC(=O)c2cc(OC)c(OC(=O)OCc3cccc(Br)c3)c(OC)c2)[C@@H]1OC. The Bertz CT molecular complexity index is 2020. The first-order valence-corrected chi connectivity index (χ1v) is 18.5. The molecule has 0 bridgehead atoms. The maximum absolute atomic E-state index is 13.9. The summed E-state index contributed by atoms with van der Waals surface area (Å²) in [5.74, 6) is -0.971. The van der Waals surface area contributed by atoms with Gasteiger partial charge in [0.05, 0.1) is 46.0 Å². The lowest BCUT2D eigenvalue weighted by Crippen LogP contribution is -2.58. The molecule has 3 aliphatic rings. The van der Waals surface area contributed by atoms with Gasteiger partial charge in [0.15, 0.2) is 11.5 Å². The van der Waals surface area contributed by atoms with Gasteiger partial charge in [0.25, 0.3) is 0 Å². The molecule has 1 N–H and O–H groups in total. The molecular formula is C40H43BrN2O11. The van der Waals surface area contributed by atoms with Gasteiger partial charge < -0.3 is 42.9 Å². The molecule has 0 radical (unpaired) electrons. The van der Waals surface area contributed by atoms with Crippen LogP contribution in [0.1, 0.15) is 46.1 Å². The Kier molecular flexibility index (Phi) is 11.0. The van der Waals surface area contributed by atoms with Gasteiger partial charge >= 0.3 is 18.1 Å². The molecule has 2 aliphatic heterocycles. The highest BCUT2D eigenvalue weighted by atomic mass is 79.9. The van der Waals surface area contributed by atoms with E-state index in [0.717, 1.165) is 40.8 Å². The fourth-order valence-corrected chi connectivity index (χ4v) is 8.99. The maximum atomic E-state index is 13.9. The summed E-state index contributed by atoms with van der Waals surface area (Å²) in [6.07, 6.45) is -0.409. The first kappa shape index (κ1) is 37.5. The van der Waals surface area contributed by atoms with E-state index in [-0.39, 0.29) is 47.3 Å². The summed E-state index contributed by atoms with van der Waals surface area (Å²) in [7, 11) is 7.30. The van der Waals surface area contributed by atoms with Gasteiger partial charge in [0.1, 0.15) is 24.6 Å². The van der Waals surface area contributed by atoms with Crippen molar-refractivity contribution in [3.05, 3.63) is 81.5 Å². The smallest absolute Gasteiger partial charge is 0.497 e. The monoisotopic (exact) mass is 806 g/mol. The second-order valence-electron chi connectivity index (χ2n) is 13.8. The number of benzene rings is 3. The van der Waals surface area contributed by atoms with Crippen LogP contribution in [-0.2, 0) is 36.8 Å². The summed E-state index contributed by atoms with van der Waals surface area (Å²) in [5, 5.41) is 1.19. The van der Waals surface area contributed by atoms with Crippen LogP contribution in [0, 0.1) is 17.8 Å². The standard InChI is InChI=1S/C40H43BrN2O11/c1-47-25-9-10-26-27-11-12-43-19-23-16-33(37(50-4)34(39(45)51-5)28(23)18-30(43)35(27)42-29(26)17-25)53-38(44)22-14-31(48-2)36(32(15-22)49-3)54-40(46)52-20-21-7-6-8-24(41)13-21/h6-10,13-15,17,23,28,30,33-34,37,42H,11-12,16,18-20H2,1-5H3/t23-,28+,30-,33-,34+,37+/m1/s1. The number of esters is 2. The highest BCUT2D eigenvalue weighted by Crippen LogP contribution is 2.51. The predicted molar refractivity (Wildman–Crippen MR) is 199 cm³/mol. The number of rotatable bonds is 10. The first-order chi connectivity index (χ1) is 26.2. The minimum atomic E-state index is -0.986. The number of hydrogen-bond donors (Lipinski definition) is 1. The number of aromatic nitrogens is 1. The van der Waals surface area contributed by atoms with Crippen molar-refractivity contribution in [2.24, 2.45) is 17.8 Å². The molecule has 2 fully saturated rings. The van der Waals surface area contributed by atoms with Gasteiger partial charge in [-0.05, 0) is 78.6 Å². The second kappa shape index (κ2) is 15.9. The van der Waals surface area contributed by atoms with Gasteiger partial charge in [-0.2, -0.15) is 0 Å². The van der Waals surface area contributed by atoms with Crippen molar-refractivity contribution in [3.63, 3.8) is 0 Å². The van der Waals surface area contributed by atoms with Crippen molar-refractivity contribution in [2.45, 2.75) is 44.1 Å². The molecule has 7 rings (SSSR count). The van der Waals surface area contributed by atoms with E-state index in [0.29, 0.717) is 12.8 Å². The number of nitrogens with zero attached hydrogens (tertiary/aromatic N) is 1. The third kappa shape index (κ3) is 7.21. The molecule has 0 unspecified atom stereocenters. The van der Waals surface area contributed by atoms with Gasteiger partial charge in [-0.15, -0.1) is 0 Å². The Morgan fingerprint density at radius 1 is 0.926 bits per heavy atom. The fourth-order valence-electron chi connectivity index (χ4n) is 8.54. The normalized spacial score (nSPS) is 23.3. The zero-order valence-electron chi connectivity index (χ0n) is 30.7. The van der Waals surface area contributed by atoms with E-state index in [1.807, 2.05) is 36.4 Å². The fraction of sp³-hybridized carbons (Fsp3) is 0.425. The Hall–Kier alpha value is -4.79. The molecule has 1 saturated heterocycles. The van der Waals surface area contributed by atoms with Gasteiger partial charge in [0, 0.05) is 47.3 Å². The molecule has 3 aromatic carbocycles. The lowest BCUT2D eigenvalue weighted by Gasteiger charge is -2.52. The molecule has 14 heteroatoms. The van der Waals surface area contributed by atoms with Crippen molar-refractivity contribution >= 4 is 44.9 Å². The molecule has 0 amide bonds. The van der Waals surface area contributed by atoms with E-state index < -0.39 is 36.2 Å². The zero-order chi connectivity index (χ0) is 38.1. The molecule has 54 heavy (non-hydrogen) atoms. The number of carbonyl (C=O) groups is 3. The average Bonchev–Trinajstić information content (AvgIpc) is 3.56. The average molecular weight is 808 g/mol. The topological polar surface area (TPSA) is 144 Å². The number of carbonyl (C=O) groups excluding carboxylic acids is 3. The first-order valence-electron chi connectivity index (χ1n) is 17.7. The summed E-state index contributed by atoms with van der Waals surface area (Å²) < 4.78 is 45.6. The molecule has 1 aromatic heterocycles. The van der Waals surface area contributed by atoms with E-state index >= 15 is 0 Å². The molecular weight excluding hydrogens is 764 g/mol. The molecule has 1 saturated carbocycles. The van der Waals surface area contributed by atoms with E-state index in [1.165, 1.54) is 57.2 Å². The number of ether oxygens (including phenoxy) is 8. The summed E-state index contributed by atoms with van der Waals surface area (Å²) in [6, 6.07) is 16.3. The van der Waals surface area contributed by atoms with Gasteiger partial charge in [-0.1, -0.05) is 28.1 Å². The Balaban J connectivity index is 1.10. The van der Waals surface area contributed by atoms with Crippen LogP contribution in [0.2, 0.25) is 0 Å². The summed E-state index contributed by atoms with van der Waals surface area (Å²) in [6.45, 7) is 1.56. The molecule has 286 valence electrons. The largest absolute Gasteiger partial charge is 0.514 e. The lowest BCUT2D eigenvalue weighted by molar-refractivity contribution is -0.176. The van der Waals surface area contributed by atoms with Crippen molar-refractivity contribution in [2.75, 3.05) is 48.6 Å². The number of H-pyrrole nitrogens is 1. The molecule has 6 atom stereocenters. The summed E-state index contributed by atoms with van der Waals surface area (Å²) in [4.78, 5) is 46.3. The van der Waals surface area contributed by atoms with Gasteiger partial charge in [0.2, 0.25) is 5.75 Å². The van der Waals surface area contributed by atoms with Crippen LogP contribution in [0.5, 0.6) is 23.0 Å². The van der Waals surface area contributed by atoms with Gasteiger partial charge in [-0.25, -0.2) is 9.59 Å². The molecule has 1 aliphatic carbocycles. The molecule has 13 nitrogen and oxygen atoms in total. The van der Waals surface area contributed by atoms with Crippen molar-refractivity contribution < 1.29 is 52.3 Å². The van der Waals surface area contributed by atoms with Crippen LogP contribution in [0.4, 0.5) is 4.79 Å². The predicted octanol–water partition coefficient (Wildman–Crippen LogP) is 6.64. The summed E-state index contributed by atoms with van der Waals surface area (Å²) >= 11 is 3.39. The van der Waals surface area contributed by atoms with Crippen molar-refractivity contribution in [1.82, 2.24) is 9.88 Å². The van der Waals surface area contributed by atoms with Crippen molar-refractivity contribution in [3.8, 4) is 23.0 Å². The van der Waals surface area contributed by atoms with E-state index in [9.17, 15) is 14.4 Å². The minimum absolute atomic E-state index is 0.0259. The third-order valence-electron chi connectivity index (χ3n) is 11.0. The van der Waals surface area contributed by atoms with E-state index in [2.05, 4.69) is 31.9 Å². The summed E-state index contributed by atoms with van der Waals surface area (Å²) in [5.41, 5.74) is 4.34. The van der Waals surface area contributed by atoms with Crippen LogP contribution in [0.3, 0.4) is 0 Å². The van der Waals surface area contributed by atoms with E-state index in [4.69, 9.17) is 37.9 Å². The zero-order valence-corrected chi connectivity index (χ0v) is 32.3. The number of piperidine rings is 1. The number of methoxy groups -OCH3 is 5. The van der Waals surface area contributed by atoms with Crippen LogP contribution in [-0.4, -0.2) is 88.8 Å². The Labute approximate surface area is 321 Å². The molecule has 4 aromatic rings. The Morgan fingerprint density at radius 2 is 1.70 bits per heavy atom. The lowest BCUT2D eigenvalue weighted by atomic mass is 9.63. The minimum Gasteiger partial charge on any atom is -0.497 e. The number of halogens is 1. The van der Waals surface area contributed by atoms with Crippen molar-refractivity contribution in [1.29, 1.82) is 0 Å². The van der Waals surface area contributed by atoms with Crippen LogP contribution >= 0.6 is 15.9 Å². The number of nitrogens with one attached hydrogen (secondary N) is 1. The molecule has 3 heterocycles. The second-order valence-corrected chi connectivity index (χ2v) is 14.7. The maximum Gasteiger partial charge on any atom is 0.514 e. The number of hydrogen-bond acceptors (Lipinski definition) is 12. The van der Waals surface area contributed by atoms with E-state index in [1.54, 1.807) is 7.11 Å². The van der Waals surface area contributed by atoms with Crippen LogP contribution in [0.15, 0.2) is 59.1 Å².